The largest absolute Gasteiger partial charge is 0.386 e. The molecule has 0 aromatic carbocycles. The van der Waals surface area contributed by atoms with Crippen LogP contribution in [0.25, 0.3) is 0 Å². The minimum absolute atomic E-state index is 0.202. The molecule has 0 bridgehead atoms. The Morgan fingerprint density at radius 2 is 2.33 bits per heavy atom. The van der Waals surface area contributed by atoms with E-state index in [1.165, 1.54) is 6.92 Å². The number of carbonyl (C=O) groups excluding carboxylic acids is 1. The molecule has 0 saturated heterocycles. The van der Waals surface area contributed by atoms with Crippen molar-refractivity contribution < 1.29 is 4.79 Å². The van der Waals surface area contributed by atoms with Gasteiger partial charge in [0.25, 0.3) is 0 Å². The van der Waals surface area contributed by atoms with Gasteiger partial charge in [-0.1, -0.05) is 6.92 Å². The van der Waals surface area contributed by atoms with Gasteiger partial charge in [-0.2, -0.15) is 5.10 Å². The van der Waals surface area contributed by atoms with Crippen molar-refractivity contribution in [3.63, 3.8) is 0 Å². The molecule has 0 unspecified atom stereocenters. The van der Waals surface area contributed by atoms with Crippen LogP contribution in [0.4, 0.5) is 0 Å². The molecule has 9 heavy (non-hydrogen) atoms. The summed E-state index contributed by atoms with van der Waals surface area (Å²) in [6.45, 7) is 3.24. The molecule has 0 spiro atoms. The van der Waals surface area contributed by atoms with Gasteiger partial charge in [0.2, 0.25) is 5.91 Å². The minimum Gasteiger partial charge on any atom is -0.386 e. The van der Waals surface area contributed by atoms with Gasteiger partial charge in [0.05, 0.1) is 0 Å². The molecule has 0 aliphatic rings. The molecular formula is C5H11N3O. The van der Waals surface area contributed by atoms with Gasteiger partial charge in [-0.15, -0.1) is 0 Å². The quantitative estimate of drug-likeness (QED) is 0.308. The number of nitrogens with one attached hydrogen (secondary N) is 1. The molecule has 0 aromatic rings. The fourth-order valence-electron chi connectivity index (χ4n) is 0.230. The monoisotopic (exact) mass is 129 g/mol. The Balaban J connectivity index is 3.56. The third-order valence-corrected chi connectivity index (χ3v) is 0.719. The Morgan fingerprint density at radius 3 is 2.67 bits per heavy atom. The molecule has 0 aliphatic carbocycles. The lowest BCUT2D eigenvalue weighted by Crippen LogP contribution is -2.20. The van der Waals surface area contributed by atoms with E-state index in [0.717, 1.165) is 0 Å². The second kappa shape index (κ2) is 3.88. The molecule has 0 radical (unpaired) electrons. The van der Waals surface area contributed by atoms with E-state index >= 15 is 0 Å². The first kappa shape index (κ1) is 7.94. The number of amides is 1. The lowest BCUT2D eigenvalue weighted by atomic mass is 10.5. The molecule has 3 N–H and O–H groups in total. The SMILES string of the molecule is CC/C(N)=N\NC(C)=O. The molecular weight excluding hydrogens is 118 g/mol. The lowest BCUT2D eigenvalue weighted by Gasteiger charge is -1.93. The summed E-state index contributed by atoms with van der Waals surface area (Å²) in [7, 11) is 0. The Morgan fingerprint density at radius 1 is 1.78 bits per heavy atom. The van der Waals surface area contributed by atoms with Crippen molar-refractivity contribution in [2.75, 3.05) is 0 Å². The smallest absolute Gasteiger partial charge is 0.236 e. The zero-order chi connectivity index (χ0) is 7.28. The van der Waals surface area contributed by atoms with Crippen LogP contribution >= 0.6 is 0 Å². The Kier molecular flexibility index (Phi) is 3.43. The molecule has 0 aromatic heterocycles. The Bertz CT molecular complexity index is 130. The number of amidine groups is 1. The van der Waals surface area contributed by atoms with Crippen LogP contribution in [-0.4, -0.2) is 11.7 Å². The summed E-state index contributed by atoms with van der Waals surface area (Å²) in [5, 5.41) is 3.54. The number of rotatable bonds is 2. The molecule has 4 heteroatoms. The molecule has 0 saturated carbocycles. The fraction of sp³-hybridized carbons (Fsp3) is 0.600. The van der Waals surface area contributed by atoms with E-state index in [-0.39, 0.29) is 5.91 Å². The number of hydrogen-bond donors (Lipinski definition) is 2. The molecule has 0 atom stereocenters. The topological polar surface area (TPSA) is 67.5 Å². The summed E-state index contributed by atoms with van der Waals surface area (Å²) in [6.07, 6.45) is 0.653. The molecule has 0 aliphatic heterocycles. The van der Waals surface area contributed by atoms with E-state index in [4.69, 9.17) is 5.73 Å². The highest BCUT2D eigenvalue weighted by atomic mass is 16.2. The zero-order valence-corrected chi connectivity index (χ0v) is 5.64. The van der Waals surface area contributed by atoms with Gasteiger partial charge >= 0.3 is 0 Å². The van der Waals surface area contributed by atoms with Crippen LogP contribution < -0.4 is 11.2 Å². The zero-order valence-electron chi connectivity index (χ0n) is 5.64. The molecule has 52 valence electrons. The van der Waals surface area contributed by atoms with Crippen LogP contribution in [-0.2, 0) is 4.79 Å². The highest BCUT2D eigenvalue weighted by molar-refractivity contribution is 5.82. The van der Waals surface area contributed by atoms with Gasteiger partial charge in [0, 0.05) is 13.3 Å². The van der Waals surface area contributed by atoms with E-state index in [1.807, 2.05) is 6.92 Å². The second-order valence-corrected chi connectivity index (χ2v) is 1.62. The summed E-state index contributed by atoms with van der Waals surface area (Å²) in [6, 6.07) is 0. The van der Waals surface area contributed by atoms with Crippen LogP contribution in [0.1, 0.15) is 20.3 Å². The third kappa shape index (κ3) is 4.80. The van der Waals surface area contributed by atoms with Crippen molar-refractivity contribution in [1.82, 2.24) is 5.43 Å². The maximum absolute atomic E-state index is 10.2. The van der Waals surface area contributed by atoms with Gasteiger partial charge < -0.3 is 5.73 Å². The van der Waals surface area contributed by atoms with Crippen LogP contribution in [0.15, 0.2) is 5.10 Å². The molecule has 0 heterocycles. The fourth-order valence-corrected chi connectivity index (χ4v) is 0.230. The van der Waals surface area contributed by atoms with Crippen molar-refractivity contribution in [1.29, 1.82) is 0 Å². The first-order chi connectivity index (χ1) is 4.16. The van der Waals surface area contributed by atoms with Crippen molar-refractivity contribution >= 4 is 11.7 Å². The van der Waals surface area contributed by atoms with E-state index in [1.54, 1.807) is 0 Å². The molecule has 4 nitrogen and oxygen atoms in total. The number of hydrogen-bond acceptors (Lipinski definition) is 2. The highest BCUT2D eigenvalue weighted by Crippen LogP contribution is 1.72. The number of nitrogens with zero attached hydrogens (tertiary/aromatic N) is 1. The second-order valence-electron chi connectivity index (χ2n) is 1.62. The number of nitrogens with two attached hydrogens (primary N) is 1. The molecule has 0 rings (SSSR count). The summed E-state index contributed by atoms with van der Waals surface area (Å²) >= 11 is 0. The van der Waals surface area contributed by atoms with Crippen LogP contribution in [0.3, 0.4) is 0 Å². The van der Waals surface area contributed by atoms with E-state index < -0.39 is 0 Å². The normalized spacial score (nSPS) is 11.1. The Labute approximate surface area is 54.1 Å². The van der Waals surface area contributed by atoms with Gasteiger partial charge in [0.15, 0.2) is 0 Å². The van der Waals surface area contributed by atoms with Crippen LogP contribution in [0.5, 0.6) is 0 Å². The lowest BCUT2D eigenvalue weighted by molar-refractivity contribution is -0.118. The summed E-state index contributed by atoms with van der Waals surface area (Å²) in [4.78, 5) is 10.2. The van der Waals surface area contributed by atoms with E-state index in [2.05, 4.69) is 10.5 Å². The van der Waals surface area contributed by atoms with Gasteiger partial charge in [-0.3, -0.25) is 4.79 Å². The van der Waals surface area contributed by atoms with Crippen LogP contribution in [0, 0.1) is 0 Å². The third-order valence-electron chi connectivity index (χ3n) is 0.719. The maximum Gasteiger partial charge on any atom is 0.236 e. The van der Waals surface area contributed by atoms with Gasteiger partial charge in [-0.25, -0.2) is 5.43 Å². The Hall–Kier alpha value is -1.06. The average molecular weight is 129 g/mol. The van der Waals surface area contributed by atoms with Gasteiger partial charge in [-0.05, 0) is 0 Å². The predicted octanol–water partition coefficient (Wildman–Crippen LogP) is -0.195. The first-order valence-corrected chi connectivity index (χ1v) is 2.75. The summed E-state index contributed by atoms with van der Waals surface area (Å²) in [5.74, 6) is 0.233. The van der Waals surface area contributed by atoms with Crippen molar-refractivity contribution in [2.24, 2.45) is 10.8 Å². The minimum atomic E-state index is -0.202. The van der Waals surface area contributed by atoms with Crippen molar-refractivity contribution in [3.05, 3.63) is 0 Å². The van der Waals surface area contributed by atoms with E-state index in [0.29, 0.717) is 12.3 Å². The van der Waals surface area contributed by atoms with Crippen molar-refractivity contribution in [3.8, 4) is 0 Å². The number of hydrazone groups is 1. The predicted molar refractivity (Wildman–Crippen MR) is 35.7 cm³/mol. The average Bonchev–Trinajstić information content (AvgIpc) is 1.83. The van der Waals surface area contributed by atoms with E-state index in [9.17, 15) is 4.79 Å². The molecule has 0 fully saturated rings. The molecule has 1 amide bonds. The van der Waals surface area contributed by atoms with Gasteiger partial charge in [0.1, 0.15) is 5.84 Å². The summed E-state index contributed by atoms with van der Waals surface area (Å²) < 4.78 is 0. The van der Waals surface area contributed by atoms with Crippen LogP contribution in [0.2, 0.25) is 0 Å². The maximum atomic E-state index is 10.2. The first-order valence-electron chi connectivity index (χ1n) is 2.75. The summed E-state index contributed by atoms with van der Waals surface area (Å²) in [5.41, 5.74) is 7.48. The highest BCUT2D eigenvalue weighted by Gasteiger charge is 1.86. The standard InChI is InChI=1S/C5H11N3O/c1-3-5(6)8-7-4(2)9/h3H2,1-2H3,(H2,6,8)(H,7,9). The number of carbonyl (C=O) groups is 1. The van der Waals surface area contributed by atoms with Crippen molar-refractivity contribution in [2.45, 2.75) is 20.3 Å².